The Balaban J connectivity index is 1.94. The third-order valence-electron chi connectivity index (χ3n) is 3.65. The van der Waals surface area contributed by atoms with Crippen LogP contribution in [0.15, 0.2) is 18.2 Å². The van der Waals surface area contributed by atoms with Crippen molar-refractivity contribution in [3.05, 3.63) is 33.8 Å². The molecule has 2 rings (SSSR count). The molecule has 1 aromatic rings. The van der Waals surface area contributed by atoms with Crippen molar-refractivity contribution in [2.45, 2.75) is 31.8 Å². The van der Waals surface area contributed by atoms with Gasteiger partial charge in [0.2, 0.25) is 0 Å². The molecule has 1 aromatic carbocycles. The van der Waals surface area contributed by atoms with Crippen molar-refractivity contribution in [1.29, 1.82) is 0 Å². The van der Waals surface area contributed by atoms with Crippen LogP contribution < -0.4 is 5.32 Å². The number of hydrogen-bond acceptors (Lipinski definition) is 2. The Morgan fingerprint density at radius 3 is 2.50 bits per heavy atom. The van der Waals surface area contributed by atoms with E-state index in [-0.39, 0.29) is 0 Å². The van der Waals surface area contributed by atoms with Gasteiger partial charge in [0, 0.05) is 12.1 Å². The first-order valence-electron chi connectivity index (χ1n) is 6.46. The van der Waals surface area contributed by atoms with Gasteiger partial charge in [-0.25, -0.2) is 0 Å². The minimum absolute atomic E-state index is 0.313. The maximum absolute atomic E-state index is 6.05. The van der Waals surface area contributed by atoms with Crippen molar-refractivity contribution in [2.24, 2.45) is 0 Å². The molecule has 0 radical (unpaired) electrons. The smallest absolute Gasteiger partial charge is 0.0595 e. The van der Waals surface area contributed by atoms with Gasteiger partial charge in [-0.1, -0.05) is 29.3 Å². The van der Waals surface area contributed by atoms with E-state index in [1.807, 2.05) is 18.2 Å². The molecular formula is C14H20Cl2N2. The number of piperidine rings is 1. The van der Waals surface area contributed by atoms with E-state index in [2.05, 4.69) is 24.2 Å². The minimum Gasteiger partial charge on any atom is -0.307 e. The summed E-state index contributed by atoms with van der Waals surface area (Å²) in [6, 6.07) is 6.78. The van der Waals surface area contributed by atoms with Crippen molar-refractivity contribution in [3.63, 3.8) is 0 Å². The standard InChI is InChI=1S/C14H20Cl2N2/c1-10(11-3-4-13(15)14(16)9-11)17-12-5-7-18(2)8-6-12/h3-4,9-10,12,17H,5-8H2,1-2H3. The minimum atomic E-state index is 0.313. The molecule has 2 nitrogen and oxygen atoms in total. The molecule has 1 aliphatic rings. The van der Waals surface area contributed by atoms with Crippen molar-refractivity contribution < 1.29 is 0 Å². The summed E-state index contributed by atoms with van der Waals surface area (Å²) >= 11 is 12.0. The number of hydrogen-bond donors (Lipinski definition) is 1. The molecule has 1 fully saturated rings. The summed E-state index contributed by atoms with van der Waals surface area (Å²) in [5.41, 5.74) is 1.20. The van der Waals surface area contributed by atoms with Crippen LogP contribution in [0.5, 0.6) is 0 Å². The second kappa shape index (κ2) is 6.25. The number of rotatable bonds is 3. The Hall–Kier alpha value is -0.280. The molecule has 0 aliphatic carbocycles. The lowest BCUT2D eigenvalue weighted by atomic mass is 10.0. The van der Waals surface area contributed by atoms with E-state index in [9.17, 15) is 0 Å². The first kappa shape index (κ1) is 14.1. The highest BCUT2D eigenvalue weighted by Gasteiger charge is 2.18. The zero-order valence-electron chi connectivity index (χ0n) is 10.9. The van der Waals surface area contributed by atoms with Crippen LogP contribution in [-0.2, 0) is 0 Å². The summed E-state index contributed by atoms with van der Waals surface area (Å²) in [6.07, 6.45) is 2.42. The fraction of sp³-hybridized carbons (Fsp3) is 0.571. The third-order valence-corrected chi connectivity index (χ3v) is 4.39. The Morgan fingerprint density at radius 1 is 1.22 bits per heavy atom. The van der Waals surface area contributed by atoms with E-state index in [4.69, 9.17) is 23.2 Å². The largest absolute Gasteiger partial charge is 0.307 e. The van der Waals surface area contributed by atoms with Gasteiger partial charge in [0.25, 0.3) is 0 Å². The van der Waals surface area contributed by atoms with Crippen molar-refractivity contribution in [2.75, 3.05) is 20.1 Å². The van der Waals surface area contributed by atoms with Crippen molar-refractivity contribution in [3.8, 4) is 0 Å². The second-order valence-corrected chi connectivity index (χ2v) is 5.95. The summed E-state index contributed by atoms with van der Waals surface area (Å²) in [6.45, 7) is 4.52. The second-order valence-electron chi connectivity index (χ2n) is 5.14. The lowest BCUT2D eigenvalue weighted by Gasteiger charge is -2.31. The number of likely N-dealkylation sites (tertiary alicyclic amines) is 1. The molecule has 18 heavy (non-hydrogen) atoms. The maximum atomic E-state index is 6.05. The van der Waals surface area contributed by atoms with Gasteiger partial charge < -0.3 is 10.2 Å². The zero-order chi connectivity index (χ0) is 13.1. The lowest BCUT2D eigenvalue weighted by Crippen LogP contribution is -2.41. The third kappa shape index (κ3) is 3.61. The Kier molecular flexibility index (Phi) is 4.91. The Bertz CT molecular complexity index is 401. The lowest BCUT2D eigenvalue weighted by molar-refractivity contribution is 0.226. The van der Waals surface area contributed by atoms with Crippen molar-refractivity contribution >= 4 is 23.2 Å². The number of nitrogens with zero attached hydrogens (tertiary/aromatic N) is 1. The molecule has 0 aromatic heterocycles. The fourth-order valence-electron chi connectivity index (χ4n) is 2.41. The summed E-state index contributed by atoms with van der Waals surface area (Å²) in [5, 5.41) is 4.92. The van der Waals surface area contributed by atoms with Gasteiger partial charge in [0.1, 0.15) is 0 Å². The summed E-state index contributed by atoms with van der Waals surface area (Å²) < 4.78 is 0. The van der Waals surface area contributed by atoms with Crippen LogP contribution in [0.25, 0.3) is 0 Å². The van der Waals surface area contributed by atoms with E-state index < -0.39 is 0 Å². The SMILES string of the molecule is CC(NC1CCN(C)CC1)c1ccc(Cl)c(Cl)c1. The molecule has 1 unspecified atom stereocenters. The molecule has 1 N–H and O–H groups in total. The molecule has 0 amide bonds. The van der Waals surface area contributed by atoms with Crippen LogP contribution in [0, 0.1) is 0 Å². The normalized spacial score (nSPS) is 20.0. The Labute approximate surface area is 119 Å². The van der Waals surface area contributed by atoms with E-state index in [1.165, 1.54) is 31.5 Å². The van der Waals surface area contributed by atoms with Crippen LogP contribution in [-0.4, -0.2) is 31.1 Å². The quantitative estimate of drug-likeness (QED) is 0.911. The molecular weight excluding hydrogens is 267 g/mol. The van der Waals surface area contributed by atoms with Crippen LogP contribution >= 0.6 is 23.2 Å². The van der Waals surface area contributed by atoms with E-state index >= 15 is 0 Å². The summed E-state index contributed by atoms with van der Waals surface area (Å²) in [4.78, 5) is 2.38. The summed E-state index contributed by atoms with van der Waals surface area (Å²) in [7, 11) is 2.18. The molecule has 1 atom stereocenters. The average molecular weight is 287 g/mol. The molecule has 1 aliphatic heterocycles. The summed E-state index contributed by atoms with van der Waals surface area (Å²) in [5.74, 6) is 0. The molecule has 1 saturated heterocycles. The van der Waals surface area contributed by atoms with Crippen LogP contribution in [0.2, 0.25) is 10.0 Å². The first-order chi connectivity index (χ1) is 8.56. The van der Waals surface area contributed by atoms with Gasteiger partial charge in [0.05, 0.1) is 10.0 Å². The van der Waals surface area contributed by atoms with Crippen LogP contribution in [0.3, 0.4) is 0 Å². The van der Waals surface area contributed by atoms with Gasteiger partial charge in [-0.15, -0.1) is 0 Å². The molecule has 0 bridgehead atoms. The molecule has 1 heterocycles. The predicted molar refractivity (Wildman–Crippen MR) is 78.5 cm³/mol. The highest BCUT2D eigenvalue weighted by atomic mass is 35.5. The zero-order valence-corrected chi connectivity index (χ0v) is 12.4. The van der Waals surface area contributed by atoms with Gasteiger partial charge in [0.15, 0.2) is 0 Å². The van der Waals surface area contributed by atoms with E-state index in [0.717, 1.165) is 0 Å². The monoisotopic (exact) mass is 286 g/mol. The Morgan fingerprint density at radius 2 is 1.89 bits per heavy atom. The van der Waals surface area contributed by atoms with Gasteiger partial charge in [-0.05, 0) is 57.6 Å². The highest BCUT2D eigenvalue weighted by Crippen LogP contribution is 2.26. The van der Waals surface area contributed by atoms with Gasteiger partial charge >= 0.3 is 0 Å². The average Bonchev–Trinajstić information content (AvgIpc) is 2.35. The van der Waals surface area contributed by atoms with Gasteiger partial charge in [-0.3, -0.25) is 0 Å². The molecule has 4 heteroatoms. The van der Waals surface area contributed by atoms with Crippen LogP contribution in [0.1, 0.15) is 31.4 Å². The fourth-order valence-corrected chi connectivity index (χ4v) is 2.71. The predicted octanol–water partition coefficient (Wildman–Crippen LogP) is 3.74. The molecule has 0 spiro atoms. The first-order valence-corrected chi connectivity index (χ1v) is 7.21. The topological polar surface area (TPSA) is 15.3 Å². The molecule has 0 saturated carbocycles. The number of benzene rings is 1. The van der Waals surface area contributed by atoms with Crippen LogP contribution in [0.4, 0.5) is 0 Å². The van der Waals surface area contributed by atoms with E-state index in [1.54, 1.807) is 0 Å². The maximum Gasteiger partial charge on any atom is 0.0595 e. The highest BCUT2D eigenvalue weighted by molar-refractivity contribution is 6.42. The van der Waals surface area contributed by atoms with E-state index in [0.29, 0.717) is 22.1 Å². The number of nitrogens with one attached hydrogen (secondary N) is 1. The molecule has 100 valence electrons. The number of halogens is 2. The van der Waals surface area contributed by atoms with Gasteiger partial charge in [-0.2, -0.15) is 0 Å². The van der Waals surface area contributed by atoms with Crippen molar-refractivity contribution in [1.82, 2.24) is 10.2 Å².